The van der Waals surface area contributed by atoms with Crippen LogP contribution in [0.2, 0.25) is 0 Å². The Morgan fingerprint density at radius 1 is 1.35 bits per heavy atom. The molecular weight excluding hydrogens is 260 g/mol. The monoisotopic (exact) mass is 280 g/mol. The van der Waals surface area contributed by atoms with Crippen molar-refractivity contribution in [3.8, 4) is 0 Å². The van der Waals surface area contributed by atoms with E-state index in [1.54, 1.807) is 22.9 Å². The quantitative estimate of drug-likeness (QED) is 0.484. The van der Waals surface area contributed by atoms with Crippen molar-refractivity contribution >= 4 is 23.0 Å². The van der Waals surface area contributed by atoms with Crippen molar-refractivity contribution in [2.24, 2.45) is 0 Å². The van der Waals surface area contributed by atoms with E-state index in [1.807, 2.05) is 13.8 Å². The van der Waals surface area contributed by atoms with Crippen molar-refractivity contribution in [2.75, 3.05) is 37.3 Å². The minimum absolute atomic E-state index is 0.00440. The molecule has 0 aliphatic rings. The van der Waals surface area contributed by atoms with Crippen LogP contribution in [0.15, 0.2) is 18.2 Å². The van der Waals surface area contributed by atoms with Gasteiger partial charge in [0.15, 0.2) is 0 Å². The van der Waals surface area contributed by atoms with Crippen molar-refractivity contribution in [1.82, 2.24) is 4.90 Å². The van der Waals surface area contributed by atoms with Gasteiger partial charge in [-0.15, -0.1) is 0 Å². The van der Waals surface area contributed by atoms with E-state index in [0.29, 0.717) is 18.8 Å². The summed E-state index contributed by atoms with van der Waals surface area (Å²) in [5, 5.41) is 10.7. The van der Waals surface area contributed by atoms with Gasteiger partial charge in [-0.05, 0) is 19.9 Å². The molecule has 0 radical (unpaired) electrons. The second kappa shape index (κ2) is 6.74. The van der Waals surface area contributed by atoms with Crippen molar-refractivity contribution in [1.29, 1.82) is 0 Å². The maximum Gasteiger partial charge on any atom is 0.271 e. The number of hydrogen-bond acceptors (Lipinski definition) is 5. The van der Waals surface area contributed by atoms with Gasteiger partial charge in [0.25, 0.3) is 5.69 Å². The van der Waals surface area contributed by atoms with Gasteiger partial charge in [0.2, 0.25) is 5.91 Å². The van der Waals surface area contributed by atoms with E-state index in [1.165, 1.54) is 12.1 Å². The van der Waals surface area contributed by atoms with Crippen LogP contribution in [0.1, 0.15) is 13.8 Å². The van der Waals surface area contributed by atoms with Gasteiger partial charge in [-0.1, -0.05) is 0 Å². The zero-order valence-corrected chi connectivity index (χ0v) is 12.0. The molecule has 0 aromatic heterocycles. The Labute approximate surface area is 118 Å². The Morgan fingerprint density at radius 2 is 1.95 bits per heavy atom. The van der Waals surface area contributed by atoms with Crippen LogP contribution in [0.3, 0.4) is 0 Å². The number of nitrogens with zero attached hydrogens (tertiary/aromatic N) is 3. The number of rotatable bonds is 6. The molecule has 1 rings (SSSR count). The second-order valence-corrected chi connectivity index (χ2v) is 4.42. The molecular formula is C13H20N4O3. The zero-order chi connectivity index (χ0) is 15.3. The molecule has 0 fully saturated rings. The topological polar surface area (TPSA) is 92.7 Å². The predicted molar refractivity (Wildman–Crippen MR) is 78.7 cm³/mol. The lowest BCUT2D eigenvalue weighted by atomic mass is 10.2. The third-order valence-corrected chi connectivity index (χ3v) is 3.12. The summed E-state index contributed by atoms with van der Waals surface area (Å²) in [5.74, 6) is -0.00440. The number of nitrogen functional groups attached to an aromatic ring is 1. The highest BCUT2D eigenvalue weighted by Crippen LogP contribution is 2.26. The van der Waals surface area contributed by atoms with Gasteiger partial charge in [0.1, 0.15) is 0 Å². The molecule has 7 nitrogen and oxygen atoms in total. The lowest BCUT2D eigenvalue weighted by molar-refractivity contribution is -0.384. The van der Waals surface area contributed by atoms with Crippen LogP contribution in [0.4, 0.5) is 17.1 Å². The molecule has 0 heterocycles. The second-order valence-electron chi connectivity index (χ2n) is 4.42. The third-order valence-electron chi connectivity index (χ3n) is 3.12. The van der Waals surface area contributed by atoms with Crippen molar-refractivity contribution in [3.05, 3.63) is 28.3 Å². The van der Waals surface area contributed by atoms with Gasteiger partial charge >= 0.3 is 0 Å². The van der Waals surface area contributed by atoms with E-state index in [2.05, 4.69) is 0 Å². The fraction of sp³-hybridized carbons (Fsp3) is 0.462. The lowest BCUT2D eigenvalue weighted by Crippen LogP contribution is -2.39. The molecule has 0 saturated carbocycles. The Hall–Kier alpha value is -2.31. The van der Waals surface area contributed by atoms with Gasteiger partial charge in [0, 0.05) is 32.3 Å². The van der Waals surface area contributed by atoms with Crippen LogP contribution in [-0.2, 0) is 4.79 Å². The summed E-state index contributed by atoms with van der Waals surface area (Å²) in [4.78, 5) is 25.6. The molecule has 20 heavy (non-hydrogen) atoms. The first-order valence-corrected chi connectivity index (χ1v) is 6.43. The number of hydrogen-bond donors (Lipinski definition) is 1. The van der Waals surface area contributed by atoms with Gasteiger partial charge < -0.3 is 15.5 Å². The fourth-order valence-corrected chi connectivity index (χ4v) is 1.97. The van der Waals surface area contributed by atoms with E-state index >= 15 is 0 Å². The number of carbonyl (C=O) groups is 1. The summed E-state index contributed by atoms with van der Waals surface area (Å²) in [6, 6.07) is 4.24. The van der Waals surface area contributed by atoms with E-state index in [-0.39, 0.29) is 23.8 Å². The number of likely N-dealkylation sites (N-methyl/N-ethyl adjacent to an activating group) is 2. The first kappa shape index (κ1) is 15.7. The Morgan fingerprint density at radius 3 is 2.40 bits per heavy atom. The average molecular weight is 280 g/mol. The highest BCUT2D eigenvalue weighted by Gasteiger charge is 2.16. The summed E-state index contributed by atoms with van der Waals surface area (Å²) >= 11 is 0. The summed E-state index contributed by atoms with van der Waals surface area (Å²) in [5.41, 5.74) is 6.64. The smallest absolute Gasteiger partial charge is 0.271 e. The molecule has 0 atom stereocenters. The van der Waals surface area contributed by atoms with Crippen molar-refractivity contribution in [3.63, 3.8) is 0 Å². The largest absolute Gasteiger partial charge is 0.397 e. The van der Waals surface area contributed by atoms with Crippen LogP contribution in [0.25, 0.3) is 0 Å². The number of amides is 1. The molecule has 1 amide bonds. The zero-order valence-electron chi connectivity index (χ0n) is 12.0. The maximum atomic E-state index is 12.0. The Bertz CT molecular complexity index is 500. The molecule has 1 aromatic rings. The average Bonchev–Trinajstić information content (AvgIpc) is 2.39. The molecule has 7 heteroatoms. The summed E-state index contributed by atoms with van der Waals surface area (Å²) < 4.78 is 0. The standard InChI is InChI=1S/C13H20N4O3/c1-4-16(5-2)13(18)9-15(3)12-7-6-10(17(19)20)8-11(12)14/h6-8H,4-5,9,14H2,1-3H3. The van der Waals surface area contributed by atoms with Crippen LogP contribution in [0, 0.1) is 10.1 Å². The molecule has 2 N–H and O–H groups in total. The van der Waals surface area contributed by atoms with Crippen molar-refractivity contribution < 1.29 is 9.72 Å². The number of nitrogens with two attached hydrogens (primary N) is 1. The molecule has 110 valence electrons. The molecule has 0 saturated heterocycles. The van der Waals surface area contributed by atoms with Crippen LogP contribution in [0.5, 0.6) is 0 Å². The molecule has 0 aliphatic carbocycles. The molecule has 1 aromatic carbocycles. The van der Waals surface area contributed by atoms with Crippen molar-refractivity contribution in [2.45, 2.75) is 13.8 Å². The number of anilines is 2. The van der Waals surface area contributed by atoms with Gasteiger partial charge in [-0.3, -0.25) is 14.9 Å². The number of non-ortho nitro benzene ring substituents is 1. The number of nitro benzene ring substituents is 1. The first-order valence-electron chi connectivity index (χ1n) is 6.43. The maximum absolute atomic E-state index is 12.0. The molecule has 0 aliphatic heterocycles. The SMILES string of the molecule is CCN(CC)C(=O)CN(C)c1ccc([N+](=O)[O-])cc1N. The third kappa shape index (κ3) is 3.59. The normalized spacial score (nSPS) is 10.2. The summed E-state index contributed by atoms with van der Waals surface area (Å²) in [6.07, 6.45) is 0. The number of benzene rings is 1. The number of nitro groups is 1. The summed E-state index contributed by atoms with van der Waals surface area (Å²) in [6.45, 7) is 5.32. The highest BCUT2D eigenvalue weighted by atomic mass is 16.6. The lowest BCUT2D eigenvalue weighted by Gasteiger charge is -2.25. The van der Waals surface area contributed by atoms with Gasteiger partial charge in [-0.25, -0.2) is 0 Å². The van der Waals surface area contributed by atoms with Gasteiger partial charge in [-0.2, -0.15) is 0 Å². The molecule has 0 unspecified atom stereocenters. The van der Waals surface area contributed by atoms with E-state index in [0.717, 1.165) is 0 Å². The van der Waals surface area contributed by atoms with Crippen LogP contribution < -0.4 is 10.6 Å². The molecule has 0 spiro atoms. The Kier molecular flexibility index (Phi) is 5.31. The van der Waals surface area contributed by atoms with E-state index in [4.69, 9.17) is 5.73 Å². The Balaban J connectivity index is 2.85. The van der Waals surface area contributed by atoms with Gasteiger partial charge in [0.05, 0.1) is 22.8 Å². The number of carbonyl (C=O) groups excluding carboxylic acids is 1. The summed E-state index contributed by atoms with van der Waals surface area (Å²) in [7, 11) is 1.74. The fourth-order valence-electron chi connectivity index (χ4n) is 1.97. The first-order chi connectivity index (χ1) is 9.40. The van der Waals surface area contributed by atoms with Crippen LogP contribution in [-0.4, -0.2) is 42.4 Å². The van der Waals surface area contributed by atoms with E-state index in [9.17, 15) is 14.9 Å². The minimum atomic E-state index is -0.499. The predicted octanol–water partition coefficient (Wildman–Crippen LogP) is 1.48. The minimum Gasteiger partial charge on any atom is -0.397 e. The molecule has 0 bridgehead atoms. The van der Waals surface area contributed by atoms with E-state index < -0.39 is 4.92 Å². The highest BCUT2D eigenvalue weighted by molar-refractivity contribution is 5.83. The van der Waals surface area contributed by atoms with Crippen LogP contribution >= 0.6 is 0 Å².